The molecule has 0 aliphatic rings. The van der Waals surface area contributed by atoms with Crippen molar-refractivity contribution in [2.75, 3.05) is 0 Å². The van der Waals surface area contributed by atoms with E-state index < -0.39 is 0 Å². The summed E-state index contributed by atoms with van der Waals surface area (Å²) < 4.78 is 5.64. The molecule has 0 aliphatic heterocycles. The van der Waals surface area contributed by atoms with Crippen LogP contribution >= 0.6 is 23.1 Å². The minimum atomic E-state index is -0.243. The molecule has 0 atom stereocenters. The standard InChI is InChI=1S/C18H14N4O3S2/c1-9-13-15(24)19-12(20-17(13)27-14(9)10(2)23)8-26-18-22-21-16(25-18)11-6-4-3-5-7-11/h3-7H,8H2,1-2H3,(H,19,20,24). The molecule has 0 fully saturated rings. The number of H-pyrrole nitrogens is 1. The molecule has 0 saturated heterocycles. The molecule has 4 aromatic rings. The van der Waals surface area contributed by atoms with E-state index in [9.17, 15) is 9.59 Å². The number of fused-ring (bicyclic) bond motifs is 1. The lowest BCUT2D eigenvalue weighted by Crippen LogP contribution is -2.11. The first kappa shape index (κ1) is 17.6. The second-order valence-corrected chi connectivity index (χ2v) is 7.76. The number of hydrogen-bond donors (Lipinski definition) is 1. The topological polar surface area (TPSA) is 102 Å². The van der Waals surface area contributed by atoms with Gasteiger partial charge in [0, 0.05) is 5.56 Å². The molecule has 3 aromatic heterocycles. The average Bonchev–Trinajstić information content (AvgIpc) is 3.26. The second kappa shape index (κ2) is 7.09. The first-order valence-corrected chi connectivity index (χ1v) is 9.88. The van der Waals surface area contributed by atoms with Crippen LogP contribution in [0.4, 0.5) is 0 Å². The smallest absolute Gasteiger partial charge is 0.277 e. The molecule has 4 rings (SSSR count). The predicted octanol–water partition coefficient (Wildman–Crippen LogP) is 3.84. The number of hydrogen-bond acceptors (Lipinski definition) is 8. The molecule has 0 bridgehead atoms. The minimum Gasteiger partial charge on any atom is -0.411 e. The summed E-state index contributed by atoms with van der Waals surface area (Å²) in [4.78, 5) is 32.5. The number of aryl methyl sites for hydroxylation is 1. The van der Waals surface area contributed by atoms with Gasteiger partial charge in [-0.25, -0.2) is 4.98 Å². The highest BCUT2D eigenvalue weighted by atomic mass is 32.2. The molecule has 0 amide bonds. The first-order chi connectivity index (χ1) is 13.0. The summed E-state index contributed by atoms with van der Waals surface area (Å²) in [6.45, 7) is 3.26. The average molecular weight is 398 g/mol. The van der Waals surface area contributed by atoms with Crippen LogP contribution in [0.25, 0.3) is 21.7 Å². The zero-order chi connectivity index (χ0) is 19.0. The summed E-state index contributed by atoms with van der Waals surface area (Å²) >= 11 is 2.53. The number of thiophene rings is 1. The molecule has 0 radical (unpaired) electrons. The number of Topliss-reactive ketones (excluding diaryl/α,β-unsaturated/α-hetero) is 1. The molecular formula is C18H14N4O3S2. The van der Waals surface area contributed by atoms with Crippen molar-refractivity contribution < 1.29 is 9.21 Å². The number of carbonyl (C=O) groups is 1. The van der Waals surface area contributed by atoms with Gasteiger partial charge in [-0.3, -0.25) is 9.59 Å². The Labute approximate surface area is 161 Å². The summed E-state index contributed by atoms with van der Waals surface area (Å²) in [5.74, 6) is 1.24. The van der Waals surface area contributed by atoms with Crippen LogP contribution in [0.5, 0.6) is 0 Å². The molecule has 136 valence electrons. The maximum Gasteiger partial charge on any atom is 0.277 e. The van der Waals surface area contributed by atoms with Gasteiger partial charge in [0.25, 0.3) is 10.8 Å². The van der Waals surface area contributed by atoms with Crippen LogP contribution in [0.2, 0.25) is 0 Å². The normalized spacial score (nSPS) is 11.2. The fraction of sp³-hybridized carbons (Fsp3) is 0.167. The summed E-state index contributed by atoms with van der Waals surface area (Å²) in [7, 11) is 0. The number of nitrogens with one attached hydrogen (secondary N) is 1. The second-order valence-electron chi connectivity index (χ2n) is 5.83. The largest absolute Gasteiger partial charge is 0.411 e. The molecule has 3 heterocycles. The molecule has 0 unspecified atom stereocenters. The van der Waals surface area contributed by atoms with E-state index in [-0.39, 0.29) is 11.3 Å². The number of carbonyl (C=O) groups excluding carboxylic acids is 1. The number of ketones is 1. The highest BCUT2D eigenvalue weighted by molar-refractivity contribution is 7.98. The quantitative estimate of drug-likeness (QED) is 0.402. The van der Waals surface area contributed by atoms with Crippen molar-refractivity contribution in [3.05, 3.63) is 57.0 Å². The third-order valence-electron chi connectivity index (χ3n) is 3.93. The van der Waals surface area contributed by atoms with E-state index in [4.69, 9.17) is 4.42 Å². The Kier molecular flexibility index (Phi) is 4.63. The van der Waals surface area contributed by atoms with Gasteiger partial charge in [-0.2, -0.15) is 0 Å². The SMILES string of the molecule is CC(=O)c1sc2nc(CSc3nnc(-c4ccccc4)o3)[nH]c(=O)c2c1C. The molecule has 27 heavy (non-hydrogen) atoms. The monoisotopic (exact) mass is 398 g/mol. The van der Waals surface area contributed by atoms with Crippen molar-refractivity contribution >= 4 is 39.1 Å². The van der Waals surface area contributed by atoms with Gasteiger partial charge >= 0.3 is 0 Å². The van der Waals surface area contributed by atoms with Gasteiger partial charge in [0.2, 0.25) is 5.89 Å². The third-order valence-corrected chi connectivity index (χ3v) is 6.05. The van der Waals surface area contributed by atoms with Crippen LogP contribution in [0.15, 0.2) is 44.8 Å². The molecule has 0 saturated carbocycles. The Morgan fingerprint density at radius 2 is 2.04 bits per heavy atom. The van der Waals surface area contributed by atoms with Gasteiger partial charge < -0.3 is 9.40 Å². The van der Waals surface area contributed by atoms with E-state index in [0.29, 0.717) is 43.3 Å². The fourth-order valence-corrected chi connectivity index (χ4v) is 4.42. The van der Waals surface area contributed by atoms with Gasteiger partial charge in [0.1, 0.15) is 10.7 Å². The summed E-state index contributed by atoms with van der Waals surface area (Å²) in [5.41, 5.74) is 1.28. The van der Waals surface area contributed by atoms with E-state index in [1.807, 2.05) is 30.3 Å². The van der Waals surface area contributed by atoms with E-state index in [0.717, 1.165) is 5.56 Å². The highest BCUT2D eigenvalue weighted by Crippen LogP contribution is 2.29. The van der Waals surface area contributed by atoms with Gasteiger partial charge in [0.05, 0.1) is 16.0 Å². The molecule has 0 aliphatic carbocycles. The molecule has 1 aromatic carbocycles. The Hall–Kier alpha value is -2.78. The van der Waals surface area contributed by atoms with Crippen molar-refractivity contribution in [3.63, 3.8) is 0 Å². The zero-order valence-corrected chi connectivity index (χ0v) is 16.1. The number of aromatic nitrogens is 4. The van der Waals surface area contributed by atoms with Crippen LogP contribution in [-0.4, -0.2) is 25.9 Å². The molecule has 7 nitrogen and oxygen atoms in total. The maximum absolute atomic E-state index is 12.4. The van der Waals surface area contributed by atoms with Crippen molar-refractivity contribution in [1.29, 1.82) is 0 Å². The van der Waals surface area contributed by atoms with Gasteiger partial charge in [-0.1, -0.05) is 30.0 Å². The van der Waals surface area contributed by atoms with Gasteiger partial charge in [-0.05, 0) is 31.5 Å². The van der Waals surface area contributed by atoms with Crippen molar-refractivity contribution in [1.82, 2.24) is 20.2 Å². The number of nitrogens with zero attached hydrogens (tertiary/aromatic N) is 3. The van der Waals surface area contributed by atoms with Crippen LogP contribution in [-0.2, 0) is 5.75 Å². The Morgan fingerprint density at radius 1 is 1.26 bits per heavy atom. The minimum absolute atomic E-state index is 0.0647. The predicted molar refractivity (Wildman–Crippen MR) is 104 cm³/mol. The summed E-state index contributed by atoms with van der Waals surface area (Å²) in [6, 6.07) is 9.49. The molecule has 0 spiro atoms. The number of benzene rings is 1. The lowest BCUT2D eigenvalue weighted by molar-refractivity contribution is 0.102. The van der Waals surface area contributed by atoms with Gasteiger partial charge in [0.15, 0.2) is 5.78 Å². The van der Waals surface area contributed by atoms with Crippen LogP contribution in [0.3, 0.4) is 0 Å². The maximum atomic E-state index is 12.4. The first-order valence-electron chi connectivity index (χ1n) is 8.08. The number of rotatable bonds is 5. The van der Waals surface area contributed by atoms with E-state index >= 15 is 0 Å². The fourth-order valence-electron chi connectivity index (χ4n) is 2.69. The summed E-state index contributed by atoms with van der Waals surface area (Å²) in [5, 5.41) is 8.92. The summed E-state index contributed by atoms with van der Waals surface area (Å²) in [6.07, 6.45) is 0. The Balaban J connectivity index is 1.57. The van der Waals surface area contributed by atoms with Crippen molar-refractivity contribution in [2.45, 2.75) is 24.8 Å². The van der Waals surface area contributed by atoms with Crippen molar-refractivity contribution in [3.8, 4) is 11.5 Å². The van der Waals surface area contributed by atoms with Crippen LogP contribution in [0, 0.1) is 6.92 Å². The lowest BCUT2D eigenvalue weighted by atomic mass is 10.2. The lowest BCUT2D eigenvalue weighted by Gasteiger charge is -1.98. The molecular weight excluding hydrogens is 384 g/mol. The van der Waals surface area contributed by atoms with E-state index in [1.165, 1.54) is 30.0 Å². The number of thioether (sulfide) groups is 1. The van der Waals surface area contributed by atoms with E-state index in [1.54, 1.807) is 6.92 Å². The zero-order valence-electron chi connectivity index (χ0n) is 14.5. The Morgan fingerprint density at radius 3 is 2.78 bits per heavy atom. The molecule has 1 N–H and O–H groups in total. The molecule has 9 heteroatoms. The highest BCUT2D eigenvalue weighted by Gasteiger charge is 2.17. The Bertz CT molecular complexity index is 1190. The van der Waals surface area contributed by atoms with Crippen molar-refractivity contribution in [2.24, 2.45) is 0 Å². The van der Waals surface area contributed by atoms with Gasteiger partial charge in [-0.15, -0.1) is 21.5 Å². The van der Waals surface area contributed by atoms with E-state index in [2.05, 4.69) is 20.2 Å². The number of aromatic amines is 1. The van der Waals surface area contributed by atoms with Crippen LogP contribution < -0.4 is 5.56 Å². The third kappa shape index (κ3) is 3.43. The van der Waals surface area contributed by atoms with Crippen LogP contribution in [0.1, 0.15) is 28.0 Å².